The van der Waals surface area contributed by atoms with Gasteiger partial charge in [-0.15, -0.1) is 0 Å². The van der Waals surface area contributed by atoms with E-state index in [1.54, 1.807) is 0 Å². The summed E-state index contributed by atoms with van der Waals surface area (Å²) in [7, 11) is 0. The number of aryl methyl sites for hydroxylation is 1. The topological polar surface area (TPSA) is 43.1 Å². The molecule has 1 aliphatic carbocycles. The van der Waals surface area contributed by atoms with Crippen molar-refractivity contribution in [3.05, 3.63) is 34.9 Å². The van der Waals surface area contributed by atoms with E-state index in [0.29, 0.717) is 6.54 Å². The Kier molecular flexibility index (Phi) is 2.16. The Bertz CT molecular complexity index is 367. The van der Waals surface area contributed by atoms with Crippen LogP contribution >= 0.6 is 0 Å². The predicted octanol–water partition coefficient (Wildman–Crippen LogP) is 1.80. The fourth-order valence-corrected chi connectivity index (χ4v) is 2.00. The number of hydrogen-bond acceptors (Lipinski definition) is 2. The lowest BCUT2D eigenvalue weighted by Gasteiger charge is -2.15. The van der Waals surface area contributed by atoms with E-state index in [9.17, 15) is 4.79 Å². The molecular weight excluding hydrogens is 174 g/mol. The molecule has 1 aromatic carbocycles. The Morgan fingerprint density at radius 1 is 1.50 bits per heavy atom. The van der Waals surface area contributed by atoms with Gasteiger partial charge in [-0.05, 0) is 31.4 Å². The molecule has 0 amide bonds. The van der Waals surface area contributed by atoms with Crippen LogP contribution in [0, 0.1) is 6.92 Å². The number of carbonyl (C=O) groups is 1. The molecule has 2 nitrogen and oxygen atoms in total. The Balaban J connectivity index is 2.47. The van der Waals surface area contributed by atoms with Crippen LogP contribution in [0.15, 0.2) is 18.2 Å². The minimum absolute atomic E-state index is 0.115. The maximum Gasteiger partial charge on any atom is 0.150 e. The molecule has 14 heavy (non-hydrogen) atoms. The molecular formula is C12H15NO. The van der Waals surface area contributed by atoms with Crippen molar-refractivity contribution in [3.8, 4) is 0 Å². The van der Waals surface area contributed by atoms with Gasteiger partial charge in [0.05, 0.1) is 0 Å². The summed E-state index contributed by atoms with van der Waals surface area (Å²) in [6.45, 7) is 2.65. The Morgan fingerprint density at radius 2 is 2.21 bits per heavy atom. The normalized spacial score (nSPS) is 17.9. The zero-order chi connectivity index (χ0) is 10.2. The highest BCUT2D eigenvalue weighted by atomic mass is 16.1. The Labute approximate surface area is 84.1 Å². The maximum atomic E-state index is 10.9. The van der Waals surface area contributed by atoms with Crippen molar-refractivity contribution in [2.24, 2.45) is 5.73 Å². The standard InChI is InChI=1S/C12H15NO/c1-9-2-3-11(10(6-9)7-14)12(8-13)4-5-12/h2-3,6-7H,4-5,8,13H2,1H3. The monoisotopic (exact) mass is 189 g/mol. The number of carbonyl (C=O) groups excluding carboxylic acids is 1. The highest BCUT2D eigenvalue weighted by Gasteiger charge is 2.44. The van der Waals surface area contributed by atoms with Crippen LogP contribution in [0.4, 0.5) is 0 Å². The first kappa shape index (κ1) is 9.41. The van der Waals surface area contributed by atoms with E-state index in [0.717, 1.165) is 35.8 Å². The molecule has 1 fully saturated rings. The summed E-state index contributed by atoms with van der Waals surface area (Å²) in [6, 6.07) is 6.05. The highest BCUT2D eigenvalue weighted by Crippen LogP contribution is 2.48. The van der Waals surface area contributed by atoms with E-state index in [4.69, 9.17) is 5.73 Å². The molecule has 0 heterocycles. The van der Waals surface area contributed by atoms with Gasteiger partial charge in [0.25, 0.3) is 0 Å². The summed E-state index contributed by atoms with van der Waals surface area (Å²) < 4.78 is 0. The molecule has 0 unspecified atom stereocenters. The SMILES string of the molecule is Cc1ccc(C2(CN)CC2)c(C=O)c1. The molecule has 0 spiro atoms. The van der Waals surface area contributed by atoms with Crippen molar-refractivity contribution in [1.82, 2.24) is 0 Å². The molecule has 0 saturated heterocycles. The molecule has 2 heteroatoms. The summed E-state index contributed by atoms with van der Waals surface area (Å²) in [6.07, 6.45) is 3.18. The highest BCUT2D eigenvalue weighted by molar-refractivity contribution is 5.79. The molecule has 74 valence electrons. The van der Waals surface area contributed by atoms with Gasteiger partial charge in [-0.2, -0.15) is 0 Å². The number of aldehydes is 1. The van der Waals surface area contributed by atoms with Crippen LogP contribution < -0.4 is 5.73 Å². The predicted molar refractivity (Wildman–Crippen MR) is 56.5 cm³/mol. The fourth-order valence-electron chi connectivity index (χ4n) is 2.00. The first-order valence-corrected chi connectivity index (χ1v) is 4.98. The van der Waals surface area contributed by atoms with Crippen LogP contribution in [0.25, 0.3) is 0 Å². The quantitative estimate of drug-likeness (QED) is 0.737. The molecule has 0 bridgehead atoms. The number of rotatable bonds is 3. The fraction of sp³-hybridized carbons (Fsp3) is 0.417. The van der Waals surface area contributed by atoms with Crippen LogP contribution in [0.5, 0.6) is 0 Å². The molecule has 1 aliphatic rings. The number of nitrogens with two attached hydrogens (primary N) is 1. The van der Waals surface area contributed by atoms with Gasteiger partial charge in [0.1, 0.15) is 6.29 Å². The second-order valence-electron chi connectivity index (χ2n) is 4.19. The van der Waals surface area contributed by atoms with Crippen molar-refractivity contribution in [2.75, 3.05) is 6.54 Å². The van der Waals surface area contributed by atoms with Gasteiger partial charge in [0.15, 0.2) is 0 Å². The Hall–Kier alpha value is -1.15. The van der Waals surface area contributed by atoms with E-state index in [1.165, 1.54) is 0 Å². The molecule has 0 atom stereocenters. The number of hydrogen-bond donors (Lipinski definition) is 1. The third-order valence-corrected chi connectivity index (χ3v) is 3.15. The summed E-state index contributed by atoms with van der Waals surface area (Å²) in [4.78, 5) is 10.9. The van der Waals surface area contributed by atoms with E-state index >= 15 is 0 Å². The van der Waals surface area contributed by atoms with Crippen molar-refractivity contribution in [1.29, 1.82) is 0 Å². The van der Waals surface area contributed by atoms with Gasteiger partial charge in [-0.25, -0.2) is 0 Å². The smallest absolute Gasteiger partial charge is 0.150 e. The zero-order valence-corrected chi connectivity index (χ0v) is 8.42. The van der Waals surface area contributed by atoms with E-state index in [-0.39, 0.29) is 5.41 Å². The zero-order valence-electron chi connectivity index (χ0n) is 8.42. The molecule has 0 radical (unpaired) electrons. The minimum atomic E-state index is 0.115. The summed E-state index contributed by atoms with van der Waals surface area (Å²) in [5.41, 5.74) is 8.94. The molecule has 2 rings (SSSR count). The van der Waals surface area contributed by atoms with Crippen molar-refractivity contribution >= 4 is 6.29 Å². The maximum absolute atomic E-state index is 10.9. The van der Waals surface area contributed by atoms with E-state index in [1.807, 2.05) is 13.0 Å². The Morgan fingerprint density at radius 3 is 2.71 bits per heavy atom. The van der Waals surface area contributed by atoms with Gasteiger partial charge in [0.2, 0.25) is 0 Å². The third-order valence-electron chi connectivity index (χ3n) is 3.15. The van der Waals surface area contributed by atoms with Gasteiger partial charge >= 0.3 is 0 Å². The van der Waals surface area contributed by atoms with Crippen LogP contribution in [0.3, 0.4) is 0 Å². The average Bonchev–Trinajstić information content (AvgIpc) is 2.98. The lowest BCUT2D eigenvalue weighted by Crippen LogP contribution is -2.21. The molecule has 1 aromatic rings. The molecule has 0 aliphatic heterocycles. The average molecular weight is 189 g/mol. The minimum Gasteiger partial charge on any atom is -0.330 e. The van der Waals surface area contributed by atoms with Crippen molar-refractivity contribution in [2.45, 2.75) is 25.2 Å². The van der Waals surface area contributed by atoms with E-state index < -0.39 is 0 Å². The second-order valence-corrected chi connectivity index (χ2v) is 4.19. The van der Waals surface area contributed by atoms with Gasteiger partial charge in [-0.1, -0.05) is 17.7 Å². The van der Waals surface area contributed by atoms with Gasteiger partial charge < -0.3 is 5.73 Å². The van der Waals surface area contributed by atoms with Crippen LogP contribution in [-0.4, -0.2) is 12.8 Å². The molecule has 2 N–H and O–H groups in total. The first-order chi connectivity index (χ1) is 6.72. The van der Waals surface area contributed by atoms with Gasteiger partial charge in [0, 0.05) is 17.5 Å². The van der Waals surface area contributed by atoms with Crippen molar-refractivity contribution in [3.63, 3.8) is 0 Å². The lowest BCUT2D eigenvalue weighted by atomic mass is 9.91. The van der Waals surface area contributed by atoms with Crippen LogP contribution in [0.2, 0.25) is 0 Å². The second kappa shape index (κ2) is 3.21. The lowest BCUT2D eigenvalue weighted by molar-refractivity contribution is 0.112. The summed E-state index contributed by atoms with van der Waals surface area (Å²) in [5.74, 6) is 0. The number of benzene rings is 1. The molecule has 0 aromatic heterocycles. The largest absolute Gasteiger partial charge is 0.330 e. The molecule has 1 saturated carbocycles. The van der Waals surface area contributed by atoms with E-state index in [2.05, 4.69) is 12.1 Å². The van der Waals surface area contributed by atoms with Gasteiger partial charge in [-0.3, -0.25) is 4.79 Å². The van der Waals surface area contributed by atoms with Crippen LogP contribution in [-0.2, 0) is 5.41 Å². The summed E-state index contributed by atoms with van der Waals surface area (Å²) in [5, 5.41) is 0. The van der Waals surface area contributed by atoms with Crippen molar-refractivity contribution < 1.29 is 4.79 Å². The van der Waals surface area contributed by atoms with Crippen LogP contribution in [0.1, 0.15) is 34.3 Å². The summed E-state index contributed by atoms with van der Waals surface area (Å²) >= 11 is 0. The first-order valence-electron chi connectivity index (χ1n) is 4.98. The third kappa shape index (κ3) is 1.36.